The van der Waals surface area contributed by atoms with Gasteiger partial charge in [-0.15, -0.1) is 0 Å². The maximum Gasteiger partial charge on any atom is 0.340 e. The lowest BCUT2D eigenvalue weighted by molar-refractivity contribution is -0.114. The number of esters is 1. The second-order valence-corrected chi connectivity index (χ2v) is 5.23. The molecule has 2 aromatic carbocycles. The van der Waals surface area contributed by atoms with Gasteiger partial charge in [-0.2, -0.15) is 0 Å². The molecule has 0 bridgehead atoms. The summed E-state index contributed by atoms with van der Waals surface area (Å²) in [6.45, 7) is 1.99. The van der Waals surface area contributed by atoms with Crippen LogP contribution in [0.1, 0.15) is 17.3 Å². The molecular weight excluding hydrogens is 336 g/mol. The smallest absolute Gasteiger partial charge is 0.340 e. The van der Waals surface area contributed by atoms with Gasteiger partial charge in [0.05, 0.1) is 38.6 Å². The lowest BCUT2D eigenvalue weighted by Gasteiger charge is -2.13. The average molecular weight is 358 g/mol. The van der Waals surface area contributed by atoms with Crippen molar-refractivity contribution in [3.05, 3.63) is 48.0 Å². The van der Waals surface area contributed by atoms with Crippen LogP contribution < -0.4 is 20.1 Å². The van der Waals surface area contributed by atoms with Gasteiger partial charge in [-0.1, -0.05) is 12.1 Å². The number of methoxy groups -OCH3 is 2. The fourth-order valence-electron chi connectivity index (χ4n) is 2.31. The quantitative estimate of drug-likeness (QED) is 0.706. The first-order valence-electron chi connectivity index (χ1n) is 8.11. The molecule has 0 aliphatic rings. The second kappa shape index (κ2) is 9.31. The van der Waals surface area contributed by atoms with Gasteiger partial charge in [-0.05, 0) is 31.2 Å². The van der Waals surface area contributed by atoms with Gasteiger partial charge in [0.25, 0.3) is 0 Å². The molecule has 0 atom stereocenters. The van der Waals surface area contributed by atoms with E-state index in [1.165, 1.54) is 7.11 Å². The minimum absolute atomic E-state index is 0.0310. The molecule has 2 aromatic rings. The Morgan fingerprint density at radius 3 is 2.46 bits per heavy atom. The number of hydrogen-bond donors (Lipinski definition) is 2. The number of anilines is 2. The Labute approximate surface area is 152 Å². The molecule has 0 aromatic heterocycles. The van der Waals surface area contributed by atoms with Crippen LogP contribution in [0.5, 0.6) is 11.5 Å². The van der Waals surface area contributed by atoms with Crippen molar-refractivity contribution in [3.8, 4) is 11.5 Å². The number of para-hydroxylation sites is 1. The maximum absolute atomic E-state index is 12.3. The summed E-state index contributed by atoms with van der Waals surface area (Å²) in [6.07, 6.45) is 0. The molecule has 138 valence electrons. The summed E-state index contributed by atoms with van der Waals surface area (Å²) in [6, 6.07) is 12.0. The zero-order valence-electron chi connectivity index (χ0n) is 15.0. The Balaban J connectivity index is 2.05. The highest BCUT2D eigenvalue weighted by Gasteiger charge is 2.13. The van der Waals surface area contributed by atoms with Gasteiger partial charge in [-0.25, -0.2) is 4.79 Å². The normalized spacial score (nSPS) is 9.96. The number of carbonyl (C=O) groups excluding carboxylic acids is 2. The van der Waals surface area contributed by atoms with E-state index in [1.807, 2.05) is 0 Å². The summed E-state index contributed by atoms with van der Waals surface area (Å²) < 4.78 is 15.4. The molecule has 26 heavy (non-hydrogen) atoms. The molecule has 2 N–H and O–H groups in total. The molecule has 7 heteroatoms. The van der Waals surface area contributed by atoms with E-state index >= 15 is 0 Å². The highest BCUT2D eigenvalue weighted by Crippen LogP contribution is 2.28. The van der Waals surface area contributed by atoms with E-state index in [0.717, 1.165) is 0 Å². The third kappa shape index (κ3) is 4.89. The van der Waals surface area contributed by atoms with Gasteiger partial charge < -0.3 is 24.8 Å². The number of hydrogen-bond acceptors (Lipinski definition) is 6. The minimum atomic E-state index is -0.439. The summed E-state index contributed by atoms with van der Waals surface area (Å²) >= 11 is 0. The highest BCUT2D eigenvalue weighted by atomic mass is 16.5. The van der Waals surface area contributed by atoms with Gasteiger partial charge in [0.1, 0.15) is 11.5 Å². The van der Waals surface area contributed by atoms with E-state index < -0.39 is 5.97 Å². The largest absolute Gasteiger partial charge is 0.497 e. The Kier molecular flexibility index (Phi) is 6.84. The molecular formula is C19H22N2O5. The van der Waals surface area contributed by atoms with Crippen LogP contribution in [0.4, 0.5) is 11.4 Å². The average Bonchev–Trinajstić information content (AvgIpc) is 2.66. The third-order valence-corrected chi connectivity index (χ3v) is 3.54. The molecule has 0 spiro atoms. The van der Waals surface area contributed by atoms with Crippen LogP contribution in [0.2, 0.25) is 0 Å². The molecule has 1 amide bonds. The molecule has 7 nitrogen and oxygen atoms in total. The molecule has 0 radical (unpaired) electrons. The zero-order chi connectivity index (χ0) is 18.9. The number of ether oxygens (including phenoxy) is 3. The first-order chi connectivity index (χ1) is 12.6. The highest BCUT2D eigenvalue weighted by molar-refractivity contribution is 5.98. The number of benzene rings is 2. The Hall–Kier alpha value is -3.22. The van der Waals surface area contributed by atoms with Crippen LogP contribution in [0.3, 0.4) is 0 Å². The third-order valence-electron chi connectivity index (χ3n) is 3.54. The topological polar surface area (TPSA) is 85.9 Å². The lowest BCUT2D eigenvalue weighted by Crippen LogP contribution is -2.23. The van der Waals surface area contributed by atoms with Crippen molar-refractivity contribution < 1.29 is 23.8 Å². The summed E-state index contributed by atoms with van der Waals surface area (Å²) in [5.74, 6) is 0.383. The van der Waals surface area contributed by atoms with Gasteiger partial charge in [-0.3, -0.25) is 4.79 Å². The first kappa shape index (κ1) is 19.1. The van der Waals surface area contributed by atoms with Gasteiger partial charge in [0, 0.05) is 11.8 Å². The van der Waals surface area contributed by atoms with Crippen LogP contribution >= 0.6 is 0 Å². The predicted molar refractivity (Wildman–Crippen MR) is 99.1 cm³/mol. The van der Waals surface area contributed by atoms with Gasteiger partial charge in [0.15, 0.2) is 0 Å². The summed E-state index contributed by atoms with van der Waals surface area (Å²) in [5, 5.41) is 5.71. The molecule has 0 aliphatic carbocycles. The molecule has 0 saturated carbocycles. The van der Waals surface area contributed by atoms with Gasteiger partial charge in [0.2, 0.25) is 5.91 Å². The fourth-order valence-corrected chi connectivity index (χ4v) is 2.31. The number of amides is 1. The molecule has 0 saturated heterocycles. The van der Waals surface area contributed by atoms with Crippen LogP contribution in [0.25, 0.3) is 0 Å². The van der Waals surface area contributed by atoms with Crippen LogP contribution in [-0.2, 0) is 9.53 Å². The number of carbonyl (C=O) groups is 2. The summed E-state index contributed by atoms with van der Waals surface area (Å²) in [7, 11) is 3.06. The first-order valence-corrected chi connectivity index (χ1v) is 8.11. The van der Waals surface area contributed by atoms with E-state index in [-0.39, 0.29) is 19.1 Å². The number of nitrogens with one attached hydrogen (secondary N) is 2. The van der Waals surface area contributed by atoms with E-state index in [2.05, 4.69) is 10.6 Å². The molecule has 0 fully saturated rings. The minimum Gasteiger partial charge on any atom is -0.497 e. The van der Waals surface area contributed by atoms with Crippen LogP contribution in [0, 0.1) is 0 Å². The monoisotopic (exact) mass is 358 g/mol. The Morgan fingerprint density at radius 2 is 1.77 bits per heavy atom. The Morgan fingerprint density at radius 1 is 1.00 bits per heavy atom. The maximum atomic E-state index is 12.3. The lowest BCUT2D eigenvalue weighted by atomic mass is 10.2. The van der Waals surface area contributed by atoms with E-state index in [1.54, 1.807) is 56.5 Å². The van der Waals surface area contributed by atoms with Gasteiger partial charge >= 0.3 is 5.97 Å². The van der Waals surface area contributed by atoms with Crippen molar-refractivity contribution in [2.45, 2.75) is 6.92 Å². The molecule has 0 aliphatic heterocycles. The van der Waals surface area contributed by atoms with Crippen molar-refractivity contribution in [2.24, 2.45) is 0 Å². The standard InChI is InChI=1S/C19H22N2O5/c1-4-26-19(23)14-7-5-6-8-15(14)20-12-18(22)21-16-11-13(24-2)9-10-17(16)25-3/h5-11,20H,4,12H2,1-3H3,(H,21,22). The summed E-state index contributed by atoms with van der Waals surface area (Å²) in [5.41, 5.74) is 1.40. The molecule has 2 rings (SSSR count). The molecule has 0 unspecified atom stereocenters. The van der Waals surface area contributed by atoms with E-state index in [0.29, 0.717) is 28.4 Å². The van der Waals surface area contributed by atoms with E-state index in [9.17, 15) is 9.59 Å². The molecule has 0 heterocycles. The second-order valence-electron chi connectivity index (χ2n) is 5.23. The zero-order valence-corrected chi connectivity index (χ0v) is 15.0. The van der Waals surface area contributed by atoms with Crippen molar-refractivity contribution in [3.63, 3.8) is 0 Å². The Bertz CT molecular complexity index is 776. The van der Waals surface area contributed by atoms with Crippen LogP contribution in [-0.4, -0.2) is 39.2 Å². The van der Waals surface area contributed by atoms with Crippen molar-refractivity contribution in [1.82, 2.24) is 0 Å². The van der Waals surface area contributed by atoms with Crippen molar-refractivity contribution in [2.75, 3.05) is 38.0 Å². The van der Waals surface area contributed by atoms with Crippen molar-refractivity contribution >= 4 is 23.3 Å². The van der Waals surface area contributed by atoms with E-state index in [4.69, 9.17) is 14.2 Å². The fraction of sp³-hybridized carbons (Fsp3) is 0.263. The summed E-state index contributed by atoms with van der Waals surface area (Å²) in [4.78, 5) is 24.2. The van der Waals surface area contributed by atoms with Crippen LogP contribution in [0.15, 0.2) is 42.5 Å². The SMILES string of the molecule is CCOC(=O)c1ccccc1NCC(=O)Nc1cc(OC)ccc1OC. The van der Waals surface area contributed by atoms with Crippen molar-refractivity contribution in [1.29, 1.82) is 0 Å². The number of rotatable bonds is 8. The predicted octanol–water partition coefficient (Wildman–Crippen LogP) is 2.93.